The molecule has 1 atom stereocenters. The third-order valence-electron chi connectivity index (χ3n) is 4.05. The summed E-state index contributed by atoms with van der Waals surface area (Å²) in [5.41, 5.74) is 2.09. The smallest absolute Gasteiger partial charge is 0.154 e. The number of fused-ring (bicyclic) bond motifs is 1. The third kappa shape index (κ3) is 2.30. The fraction of sp³-hybridized carbons (Fsp3) is 0.571. The van der Waals surface area contributed by atoms with E-state index < -0.39 is 0 Å². The monoisotopic (exact) mass is 259 g/mol. The van der Waals surface area contributed by atoms with Crippen molar-refractivity contribution < 1.29 is 0 Å². The average molecular weight is 259 g/mol. The number of aryl methyl sites for hydroxylation is 1. The molecule has 0 radical (unpaired) electrons. The molecule has 3 rings (SSSR count). The van der Waals surface area contributed by atoms with E-state index in [0.717, 1.165) is 29.9 Å². The second kappa shape index (κ2) is 5.17. The van der Waals surface area contributed by atoms with Crippen LogP contribution in [0.3, 0.4) is 0 Å². The summed E-state index contributed by atoms with van der Waals surface area (Å²) in [5.74, 6) is 0.904. The molecule has 1 N–H and O–H groups in total. The largest absolute Gasteiger partial charge is 0.367 e. The van der Waals surface area contributed by atoms with Crippen LogP contribution in [0.2, 0.25) is 0 Å². The first-order valence-electron chi connectivity index (χ1n) is 7.03. The Bertz CT molecular complexity index is 562. The van der Waals surface area contributed by atoms with E-state index in [-0.39, 0.29) is 0 Å². The standard InChI is InChI=1S/C14H21N5/c1-3-19-8-4-5-11(19)9-16-14-13-12(6-7-15-14)18(2)10-17-13/h6-7,10-11H,3-5,8-9H2,1-2H3,(H,15,16). The minimum Gasteiger partial charge on any atom is -0.367 e. The molecule has 102 valence electrons. The summed E-state index contributed by atoms with van der Waals surface area (Å²) in [6.45, 7) is 5.55. The predicted octanol–water partition coefficient (Wildman–Crippen LogP) is 1.86. The van der Waals surface area contributed by atoms with Crippen LogP contribution in [-0.2, 0) is 7.05 Å². The number of rotatable bonds is 4. The first-order valence-corrected chi connectivity index (χ1v) is 7.03. The van der Waals surface area contributed by atoms with Gasteiger partial charge in [-0.05, 0) is 32.0 Å². The number of likely N-dealkylation sites (tertiary alicyclic amines) is 1. The van der Waals surface area contributed by atoms with Gasteiger partial charge < -0.3 is 9.88 Å². The molecule has 0 aliphatic carbocycles. The van der Waals surface area contributed by atoms with Gasteiger partial charge in [-0.1, -0.05) is 6.92 Å². The predicted molar refractivity (Wildman–Crippen MR) is 77.3 cm³/mol. The SMILES string of the molecule is CCN1CCCC1CNc1nccc2c1ncn2C. The average Bonchev–Trinajstić information content (AvgIpc) is 3.03. The minimum atomic E-state index is 0.630. The van der Waals surface area contributed by atoms with Gasteiger partial charge in [-0.2, -0.15) is 0 Å². The third-order valence-corrected chi connectivity index (χ3v) is 4.05. The van der Waals surface area contributed by atoms with Gasteiger partial charge in [0.15, 0.2) is 5.82 Å². The van der Waals surface area contributed by atoms with Crippen molar-refractivity contribution in [2.45, 2.75) is 25.8 Å². The molecule has 0 aromatic carbocycles. The minimum absolute atomic E-state index is 0.630. The number of hydrogen-bond donors (Lipinski definition) is 1. The van der Waals surface area contributed by atoms with E-state index in [0.29, 0.717) is 6.04 Å². The lowest BCUT2D eigenvalue weighted by atomic mass is 10.2. The van der Waals surface area contributed by atoms with Crippen LogP contribution >= 0.6 is 0 Å². The summed E-state index contributed by atoms with van der Waals surface area (Å²) in [6.07, 6.45) is 6.27. The molecule has 0 spiro atoms. The van der Waals surface area contributed by atoms with Crippen molar-refractivity contribution in [2.24, 2.45) is 7.05 Å². The number of likely N-dealkylation sites (N-methyl/N-ethyl adjacent to an activating group) is 1. The van der Waals surface area contributed by atoms with Crippen molar-refractivity contribution >= 4 is 16.9 Å². The Morgan fingerprint density at radius 3 is 3.16 bits per heavy atom. The molecular weight excluding hydrogens is 238 g/mol. The van der Waals surface area contributed by atoms with Crippen LogP contribution in [0.5, 0.6) is 0 Å². The van der Waals surface area contributed by atoms with Gasteiger partial charge >= 0.3 is 0 Å². The van der Waals surface area contributed by atoms with Gasteiger partial charge in [-0.25, -0.2) is 9.97 Å². The van der Waals surface area contributed by atoms with Gasteiger partial charge in [0.05, 0.1) is 11.8 Å². The zero-order valence-electron chi connectivity index (χ0n) is 11.6. The molecule has 5 nitrogen and oxygen atoms in total. The van der Waals surface area contributed by atoms with Gasteiger partial charge in [0.1, 0.15) is 5.52 Å². The Balaban J connectivity index is 1.75. The first kappa shape index (κ1) is 12.4. The second-order valence-corrected chi connectivity index (χ2v) is 5.19. The number of imidazole rings is 1. The molecule has 1 aliphatic rings. The molecule has 2 aromatic heterocycles. The molecule has 1 fully saturated rings. The van der Waals surface area contributed by atoms with Crippen molar-refractivity contribution in [2.75, 3.05) is 25.0 Å². The molecule has 0 bridgehead atoms. The van der Waals surface area contributed by atoms with E-state index in [1.165, 1.54) is 19.4 Å². The summed E-state index contributed by atoms with van der Waals surface area (Å²) in [4.78, 5) is 11.4. The number of anilines is 1. The second-order valence-electron chi connectivity index (χ2n) is 5.19. The molecule has 1 unspecified atom stereocenters. The highest BCUT2D eigenvalue weighted by Crippen LogP contribution is 2.21. The van der Waals surface area contributed by atoms with Crippen molar-refractivity contribution in [3.05, 3.63) is 18.6 Å². The topological polar surface area (TPSA) is 46.0 Å². The highest BCUT2D eigenvalue weighted by Gasteiger charge is 2.22. The van der Waals surface area contributed by atoms with Crippen molar-refractivity contribution in [3.63, 3.8) is 0 Å². The fourth-order valence-electron chi connectivity index (χ4n) is 2.95. The Labute approximate surface area is 113 Å². The highest BCUT2D eigenvalue weighted by atomic mass is 15.2. The molecule has 1 aliphatic heterocycles. The van der Waals surface area contributed by atoms with E-state index in [1.54, 1.807) is 0 Å². The molecular formula is C14H21N5. The Kier molecular flexibility index (Phi) is 3.38. The van der Waals surface area contributed by atoms with Crippen molar-refractivity contribution in [1.82, 2.24) is 19.4 Å². The van der Waals surface area contributed by atoms with Crippen LogP contribution in [0, 0.1) is 0 Å². The Hall–Kier alpha value is -1.62. The van der Waals surface area contributed by atoms with Crippen molar-refractivity contribution in [1.29, 1.82) is 0 Å². The summed E-state index contributed by atoms with van der Waals surface area (Å²) in [6, 6.07) is 2.63. The van der Waals surface area contributed by atoms with Gasteiger partial charge in [0.2, 0.25) is 0 Å². The fourth-order valence-corrected chi connectivity index (χ4v) is 2.95. The van der Waals surface area contributed by atoms with E-state index in [9.17, 15) is 0 Å². The molecule has 5 heteroatoms. The Morgan fingerprint density at radius 2 is 2.32 bits per heavy atom. The van der Waals surface area contributed by atoms with Gasteiger partial charge in [-0.3, -0.25) is 4.90 Å². The molecule has 2 aromatic rings. The number of hydrogen-bond acceptors (Lipinski definition) is 4. The lowest BCUT2D eigenvalue weighted by Gasteiger charge is -2.23. The van der Waals surface area contributed by atoms with E-state index >= 15 is 0 Å². The lowest BCUT2D eigenvalue weighted by Crippen LogP contribution is -2.34. The Morgan fingerprint density at radius 1 is 1.42 bits per heavy atom. The summed E-state index contributed by atoms with van der Waals surface area (Å²) < 4.78 is 2.02. The summed E-state index contributed by atoms with van der Waals surface area (Å²) >= 11 is 0. The van der Waals surface area contributed by atoms with Gasteiger partial charge in [-0.15, -0.1) is 0 Å². The maximum atomic E-state index is 4.43. The van der Waals surface area contributed by atoms with E-state index in [2.05, 4.69) is 27.1 Å². The molecule has 1 saturated heterocycles. The van der Waals surface area contributed by atoms with Crippen LogP contribution in [0.4, 0.5) is 5.82 Å². The molecule has 3 heterocycles. The zero-order valence-corrected chi connectivity index (χ0v) is 11.6. The van der Waals surface area contributed by atoms with Crippen LogP contribution in [0.25, 0.3) is 11.0 Å². The number of pyridine rings is 1. The van der Waals surface area contributed by atoms with E-state index in [1.807, 2.05) is 30.2 Å². The van der Waals surface area contributed by atoms with Crippen LogP contribution < -0.4 is 5.32 Å². The normalized spacial score (nSPS) is 20.2. The number of nitrogens with one attached hydrogen (secondary N) is 1. The quantitative estimate of drug-likeness (QED) is 0.910. The molecule has 0 amide bonds. The first-order chi connectivity index (χ1) is 9.29. The number of nitrogens with zero attached hydrogens (tertiary/aromatic N) is 4. The number of aromatic nitrogens is 3. The lowest BCUT2D eigenvalue weighted by molar-refractivity contribution is 0.277. The van der Waals surface area contributed by atoms with Crippen molar-refractivity contribution in [3.8, 4) is 0 Å². The van der Waals surface area contributed by atoms with Crippen LogP contribution in [-0.4, -0.2) is 45.1 Å². The van der Waals surface area contributed by atoms with Crippen LogP contribution in [0.1, 0.15) is 19.8 Å². The maximum absolute atomic E-state index is 4.43. The highest BCUT2D eigenvalue weighted by molar-refractivity contribution is 5.85. The summed E-state index contributed by atoms with van der Waals surface area (Å²) in [7, 11) is 2.01. The van der Waals surface area contributed by atoms with E-state index in [4.69, 9.17) is 0 Å². The van der Waals surface area contributed by atoms with Crippen LogP contribution in [0.15, 0.2) is 18.6 Å². The van der Waals surface area contributed by atoms with Gasteiger partial charge in [0, 0.05) is 25.8 Å². The molecule has 0 saturated carbocycles. The molecule has 19 heavy (non-hydrogen) atoms. The maximum Gasteiger partial charge on any atom is 0.154 e. The summed E-state index contributed by atoms with van der Waals surface area (Å²) in [5, 5.41) is 3.48. The zero-order chi connectivity index (χ0) is 13.2. The van der Waals surface area contributed by atoms with Gasteiger partial charge in [0.25, 0.3) is 0 Å².